The van der Waals surface area contributed by atoms with Gasteiger partial charge in [0.1, 0.15) is 12.4 Å². The van der Waals surface area contributed by atoms with Crippen LogP contribution in [-0.4, -0.2) is 44.5 Å². The van der Waals surface area contributed by atoms with E-state index in [1.807, 2.05) is 35.8 Å². The number of carbonyl (C=O) groups is 2. The lowest BCUT2D eigenvalue weighted by Crippen LogP contribution is -2.38. The van der Waals surface area contributed by atoms with Gasteiger partial charge in [-0.2, -0.15) is 0 Å². The molecule has 0 unspecified atom stereocenters. The van der Waals surface area contributed by atoms with Crippen LogP contribution < -0.4 is 0 Å². The number of hydrogen-bond acceptors (Lipinski definition) is 3. The van der Waals surface area contributed by atoms with E-state index < -0.39 is 11.4 Å². The molecule has 4 rings (SSSR count). The molecule has 2 heterocycles. The molecule has 25 heavy (non-hydrogen) atoms. The number of imidazole rings is 1. The third kappa shape index (κ3) is 2.42. The molecule has 1 N–H and O–H groups in total. The van der Waals surface area contributed by atoms with Crippen molar-refractivity contribution in [2.45, 2.75) is 39.2 Å². The van der Waals surface area contributed by atoms with Gasteiger partial charge in [-0.1, -0.05) is 25.5 Å². The summed E-state index contributed by atoms with van der Waals surface area (Å²) in [6, 6.07) is 7.82. The number of fused-ring (bicyclic) bond motifs is 2. The minimum atomic E-state index is -0.743. The van der Waals surface area contributed by atoms with Gasteiger partial charge in [-0.15, -0.1) is 0 Å². The fourth-order valence-electron chi connectivity index (χ4n) is 4.64. The maximum absolute atomic E-state index is 12.9. The molecule has 1 aromatic carbocycles. The zero-order chi connectivity index (χ0) is 17.6. The summed E-state index contributed by atoms with van der Waals surface area (Å²) in [5, 5.41) is 9.70. The van der Waals surface area contributed by atoms with Crippen molar-refractivity contribution in [3.63, 3.8) is 0 Å². The summed E-state index contributed by atoms with van der Waals surface area (Å²) in [5.74, 6) is 0.238. The van der Waals surface area contributed by atoms with Crippen LogP contribution in [0.2, 0.25) is 0 Å². The van der Waals surface area contributed by atoms with Gasteiger partial charge in [0.2, 0.25) is 5.91 Å². The van der Waals surface area contributed by atoms with Gasteiger partial charge in [0.25, 0.3) is 0 Å². The molecule has 2 fully saturated rings. The Morgan fingerprint density at radius 2 is 2.16 bits per heavy atom. The molecule has 1 amide bonds. The number of aromatic nitrogens is 2. The standard InChI is InChI=1S/C19H23N3O3/c1-2-16-20-14-7-3-4-8-15(14)22(16)11-17(23)21-10-13-6-5-9-19(13,12-21)18(24)25/h3-4,7-8,13H,2,5-6,9-12H2,1H3,(H,24,25)/t13-,19+/m0/s1. The minimum Gasteiger partial charge on any atom is -0.481 e. The monoisotopic (exact) mass is 341 g/mol. The first kappa shape index (κ1) is 16.1. The van der Waals surface area contributed by atoms with Crippen molar-refractivity contribution < 1.29 is 14.7 Å². The van der Waals surface area contributed by atoms with Crippen LogP contribution in [0, 0.1) is 11.3 Å². The molecule has 0 spiro atoms. The topological polar surface area (TPSA) is 75.4 Å². The van der Waals surface area contributed by atoms with Crippen LogP contribution in [0.3, 0.4) is 0 Å². The van der Waals surface area contributed by atoms with Gasteiger partial charge in [0, 0.05) is 19.5 Å². The van der Waals surface area contributed by atoms with Crippen LogP contribution in [0.5, 0.6) is 0 Å². The van der Waals surface area contributed by atoms with E-state index in [4.69, 9.17) is 0 Å². The summed E-state index contributed by atoms with van der Waals surface area (Å²) in [7, 11) is 0. The number of nitrogens with zero attached hydrogens (tertiary/aromatic N) is 3. The quantitative estimate of drug-likeness (QED) is 0.926. The van der Waals surface area contributed by atoms with Crippen molar-refractivity contribution in [3.05, 3.63) is 30.1 Å². The Balaban J connectivity index is 1.59. The van der Waals surface area contributed by atoms with Crippen molar-refractivity contribution >= 4 is 22.9 Å². The summed E-state index contributed by atoms with van der Waals surface area (Å²) in [6.45, 7) is 3.17. The predicted molar refractivity (Wildman–Crippen MR) is 93.1 cm³/mol. The first-order valence-electron chi connectivity index (χ1n) is 9.00. The van der Waals surface area contributed by atoms with Gasteiger partial charge in [0.15, 0.2) is 0 Å². The molecule has 1 aliphatic carbocycles. The number of rotatable bonds is 4. The number of para-hydroxylation sites is 2. The number of likely N-dealkylation sites (tertiary alicyclic amines) is 1. The van der Waals surface area contributed by atoms with E-state index in [0.717, 1.165) is 36.1 Å². The fraction of sp³-hybridized carbons (Fsp3) is 0.526. The number of amides is 1. The maximum atomic E-state index is 12.9. The van der Waals surface area contributed by atoms with Crippen LogP contribution in [0.15, 0.2) is 24.3 Å². The highest BCUT2D eigenvalue weighted by molar-refractivity contribution is 5.83. The van der Waals surface area contributed by atoms with Crippen molar-refractivity contribution in [1.82, 2.24) is 14.5 Å². The Bertz CT molecular complexity index is 844. The second-order valence-corrected chi connectivity index (χ2v) is 7.28. The molecule has 2 atom stereocenters. The Morgan fingerprint density at radius 1 is 1.36 bits per heavy atom. The molecule has 6 nitrogen and oxygen atoms in total. The Kier molecular flexibility index (Phi) is 3.78. The average Bonchev–Trinajstić information content (AvgIpc) is 3.25. The second kappa shape index (κ2) is 5.86. The van der Waals surface area contributed by atoms with Gasteiger partial charge in [-0.3, -0.25) is 9.59 Å². The lowest BCUT2D eigenvalue weighted by atomic mass is 9.81. The average molecular weight is 341 g/mol. The molecule has 1 saturated carbocycles. The second-order valence-electron chi connectivity index (χ2n) is 7.28. The number of carbonyl (C=O) groups excluding carboxylic acids is 1. The van der Waals surface area contributed by atoms with Crippen molar-refractivity contribution in [2.24, 2.45) is 11.3 Å². The molecule has 0 bridgehead atoms. The highest BCUT2D eigenvalue weighted by atomic mass is 16.4. The van der Waals surface area contributed by atoms with Crippen LogP contribution >= 0.6 is 0 Å². The van der Waals surface area contributed by atoms with Gasteiger partial charge in [-0.05, 0) is 30.9 Å². The predicted octanol–water partition coefficient (Wildman–Crippen LogP) is 2.31. The molecular weight excluding hydrogens is 318 g/mol. The maximum Gasteiger partial charge on any atom is 0.311 e. The van der Waals surface area contributed by atoms with Crippen LogP contribution in [0.4, 0.5) is 0 Å². The van der Waals surface area contributed by atoms with Crippen molar-refractivity contribution in [1.29, 1.82) is 0 Å². The Morgan fingerprint density at radius 3 is 2.88 bits per heavy atom. The van der Waals surface area contributed by atoms with E-state index in [9.17, 15) is 14.7 Å². The SMILES string of the molecule is CCc1nc2ccccc2n1CC(=O)N1C[C@@H]2CCC[C@@]2(C(=O)O)C1. The Labute approximate surface area is 146 Å². The molecule has 2 aromatic rings. The fourth-order valence-corrected chi connectivity index (χ4v) is 4.64. The molecular formula is C19H23N3O3. The largest absolute Gasteiger partial charge is 0.481 e. The third-order valence-electron chi connectivity index (χ3n) is 5.99. The number of benzene rings is 1. The van der Waals surface area contributed by atoms with E-state index in [0.29, 0.717) is 19.5 Å². The van der Waals surface area contributed by atoms with E-state index >= 15 is 0 Å². The first-order valence-corrected chi connectivity index (χ1v) is 9.00. The van der Waals surface area contributed by atoms with Crippen molar-refractivity contribution in [3.8, 4) is 0 Å². The third-order valence-corrected chi connectivity index (χ3v) is 5.99. The highest BCUT2D eigenvalue weighted by Crippen LogP contribution is 2.48. The zero-order valence-electron chi connectivity index (χ0n) is 14.4. The summed E-state index contributed by atoms with van der Waals surface area (Å²) in [5.41, 5.74) is 1.13. The van der Waals surface area contributed by atoms with Crippen molar-refractivity contribution in [2.75, 3.05) is 13.1 Å². The lowest BCUT2D eigenvalue weighted by Gasteiger charge is -2.23. The zero-order valence-corrected chi connectivity index (χ0v) is 14.4. The number of aryl methyl sites for hydroxylation is 1. The summed E-state index contributed by atoms with van der Waals surface area (Å²) < 4.78 is 1.97. The lowest BCUT2D eigenvalue weighted by molar-refractivity contribution is -0.149. The summed E-state index contributed by atoms with van der Waals surface area (Å²) >= 11 is 0. The smallest absolute Gasteiger partial charge is 0.311 e. The first-order chi connectivity index (χ1) is 12.0. The molecule has 0 radical (unpaired) electrons. The van der Waals surface area contributed by atoms with E-state index in [1.54, 1.807) is 4.90 Å². The molecule has 2 aliphatic rings. The van der Waals surface area contributed by atoms with Gasteiger partial charge >= 0.3 is 5.97 Å². The molecule has 1 saturated heterocycles. The normalized spacial score (nSPS) is 25.5. The Hall–Kier alpha value is -2.37. The molecule has 1 aromatic heterocycles. The van der Waals surface area contributed by atoms with Crippen LogP contribution in [-0.2, 0) is 22.6 Å². The number of aliphatic carboxylic acids is 1. The minimum absolute atomic E-state index is 0.00659. The number of hydrogen-bond donors (Lipinski definition) is 1. The molecule has 6 heteroatoms. The molecule has 1 aliphatic heterocycles. The highest BCUT2D eigenvalue weighted by Gasteiger charge is 2.55. The summed E-state index contributed by atoms with van der Waals surface area (Å²) in [6.07, 6.45) is 3.30. The van der Waals surface area contributed by atoms with Crippen LogP contribution in [0.25, 0.3) is 11.0 Å². The number of carboxylic acid groups (broad SMARTS) is 1. The summed E-state index contributed by atoms with van der Waals surface area (Å²) in [4.78, 5) is 31.1. The van der Waals surface area contributed by atoms with E-state index in [-0.39, 0.29) is 18.4 Å². The van der Waals surface area contributed by atoms with Gasteiger partial charge < -0.3 is 14.6 Å². The van der Waals surface area contributed by atoms with Crippen LogP contribution in [0.1, 0.15) is 32.0 Å². The van der Waals surface area contributed by atoms with E-state index in [2.05, 4.69) is 4.98 Å². The van der Waals surface area contributed by atoms with Gasteiger partial charge in [-0.25, -0.2) is 4.98 Å². The van der Waals surface area contributed by atoms with Gasteiger partial charge in [0.05, 0.1) is 16.4 Å². The van der Waals surface area contributed by atoms with E-state index in [1.165, 1.54) is 0 Å². The molecule has 132 valence electrons. The number of carboxylic acids is 1.